The number of halogens is 2. The molecule has 1 atom stereocenters. The molecule has 0 N–H and O–H groups in total. The first-order chi connectivity index (χ1) is 14.4. The van der Waals surface area contributed by atoms with Gasteiger partial charge in [0, 0.05) is 31.0 Å². The number of sulfonamides is 1. The molecule has 0 unspecified atom stereocenters. The molecule has 9 heteroatoms. The molecular weight excluding hydrogens is 414 g/mol. The lowest BCUT2D eigenvalue weighted by molar-refractivity contribution is 0.171. The van der Waals surface area contributed by atoms with Gasteiger partial charge in [-0.05, 0) is 42.0 Å². The number of aromatic nitrogens is 1. The third-order valence-electron chi connectivity index (χ3n) is 5.37. The van der Waals surface area contributed by atoms with Crippen LogP contribution < -0.4 is 9.47 Å². The predicted octanol–water partition coefficient (Wildman–Crippen LogP) is 3.33. The molecule has 0 saturated heterocycles. The Labute approximate surface area is 172 Å². The van der Waals surface area contributed by atoms with Gasteiger partial charge in [0.15, 0.2) is 23.1 Å². The molecule has 30 heavy (non-hydrogen) atoms. The summed E-state index contributed by atoms with van der Waals surface area (Å²) in [6, 6.07) is 10.8. The Morgan fingerprint density at radius 3 is 2.50 bits per heavy atom. The normalized spacial score (nSPS) is 18.8. The SMILES string of the molecule is O=S(=O)(c1ccc2c(c1)OCCO2)N1CCn2cccc2[C@@H]1c1ccc(F)c(F)c1. The number of fused-ring (bicyclic) bond motifs is 2. The number of rotatable bonds is 3. The molecule has 0 amide bonds. The van der Waals surface area contributed by atoms with Gasteiger partial charge in [0.25, 0.3) is 0 Å². The Hall–Kier alpha value is -2.91. The highest BCUT2D eigenvalue weighted by atomic mass is 32.2. The molecule has 1 aromatic heterocycles. The standard InChI is InChI=1S/C21H18F2N2O4S/c22-16-5-3-14(12-17(16)23)21-18-2-1-7-24(18)8-9-25(21)30(26,27)15-4-6-19-20(13-15)29-11-10-28-19/h1-7,12-13,21H,8-11H2/t21-/m0/s1. The fraction of sp³-hybridized carbons (Fsp3) is 0.238. The Balaban J connectivity index is 1.61. The maximum atomic E-state index is 14.0. The maximum absolute atomic E-state index is 14.0. The molecule has 0 fully saturated rings. The van der Waals surface area contributed by atoms with Crippen LogP contribution in [0.5, 0.6) is 11.5 Å². The highest BCUT2D eigenvalue weighted by molar-refractivity contribution is 7.89. The Bertz CT molecular complexity index is 1230. The van der Waals surface area contributed by atoms with E-state index in [0.29, 0.717) is 42.5 Å². The summed E-state index contributed by atoms with van der Waals surface area (Å²) < 4.78 is 68.9. The minimum absolute atomic E-state index is 0.0549. The van der Waals surface area contributed by atoms with E-state index < -0.39 is 27.7 Å². The van der Waals surface area contributed by atoms with Gasteiger partial charge >= 0.3 is 0 Å². The van der Waals surface area contributed by atoms with E-state index in [-0.39, 0.29) is 11.4 Å². The van der Waals surface area contributed by atoms with Gasteiger partial charge in [0.1, 0.15) is 13.2 Å². The first kappa shape index (κ1) is 19.1. The van der Waals surface area contributed by atoms with Crippen LogP contribution in [0.3, 0.4) is 0 Å². The predicted molar refractivity (Wildman–Crippen MR) is 104 cm³/mol. The average Bonchev–Trinajstić information content (AvgIpc) is 3.23. The van der Waals surface area contributed by atoms with E-state index in [9.17, 15) is 17.2 Å². The monoisotopic (exact) mass is 432 g/mol. The topological polar surface area (TPSA) is 60.8 Å². The van der Waals surface area contributed by atoms with Crippen molar-refractivity contribution in [1.29, 1.82) is 0 Å². The molecule has 3 heterocycles. The smallest absolute Gasteiger partial charge is 0.244 e. The molecular formula is C21H18F2N2O4S. The quantitative estimate of drug-likeness (QED) is 0.637. The Morgan fingerprint density at radius 1 is 0.900 bits per heavy atom. The van der Waals surface area contributed by atoms with Gasteiger partial charge in [-0.25, -0.2) is 17.2 Å². The largest absolute Gasteiger partial charge is 0.486 e. The van der Waals surface area contributed by atoms with Crippen molar-refractivity contribution in [2.24, 2.45) is 0 Å². The van der Waals surface area contributed by atoms with E-state index in [1.807, 2.05) is 16.8 Å². The van der Waals surface area contributed by atoms with Crippen molar-refractivity contribution in [1.82, 2.24) is 8.87 Å². The first-order valence-electron chi connectivity index (χ1n) is 9.46. The minimum Gasteiger partial charge on any atom is -0.486 e. The Kier molecular flexibility index (Phi) is 4.52. The van der Waals surface area contributed by atoms with Crippen LogP contribution in [0, 0.1) is 11.6 Å². The molecule has 0 bridgehead atoms. The highest BCUT2D eigenvalue weighted by Crippen LogP contribution is 2.39. The van der Waals surface area contributed by atoms with Crippen LogP contribution in [0.4, 0.5) is 8.78 Å². The molecule has 6 nitrogen and oxygen atoms in total. The van der Waals surface area contributed by atoms with E-state index in [1.165, 1.54) is 22.5 Å². The molecule has 156 valence electrons. The van der Waals surface area contributed by atoms with Crippen LogP contribution in [0.15, 0.2) is 59.6 Å². The summed E-state index contributed by atoms with van der Waals surface area (Å²) in [7, 11) is -3.97. The van der Waals surface area contributed by atoms with E-state index in [4.69, 9.17) is 9.47 Å². The van der Waals surface area contributed by atoms with Crippen molar-refractivity contribution in [3.63, 3.8) is 0 Å². The fourth-order valence-electron chi connectivity index (χ4n) is 3.96. The molecule has 2 aliphatic rings. The number of ether oxygens (including phenoxy) is 2. The summed E-state index contributed by atoms with van der Waals surface area (Å²) in [4.78, 5) is 0.0549. The molecule has 2 aromatic carbocycles. The van der Waals surface area contributed by atoms with Gasteiger partial charge < -0.3 is 14.0 Å². The number of nitrogens with zero attached hydrogens (tertiary/aromatic N) is 2. The third kappa shape index (κ3) is 3.05. The summed E-state index contributed by atoms with van der Waals surface area (Å²) in [5.41, 5.74) is 1.04. The van der Waals surface area contributed by atoms with Crippen LogP contribution in [-0.4, -0.2) is 37.0 Å². The van der Waals surface area contributed by atoms with Crippen LogP contribution in [0.25, 0.3) is 0 Å². The lowest BCUT2D eigenvalue weighted by atomic mass is 10.0. The van der Waals surface area contributed by atoms with Gasteiger partial charge in [-0.2, -0.15) is 4.31 Å². The number of hydrogen-bond acceptors (Lipinski definition) is 4. The first-order valence-corrected chi connectivity index (χ1v) is 10.9. The van der Waals surface area contributed by atoms with Crippen molar-refractivity contribution in [2.75, 3.05) is 19.8 Å². The van der Waals surface area contributed by atoms with Gasteiger partial charge in [-0.1, -0.05) is 6.07 Å². The summed E-state index contributed by atoms with van der Waals surface area (Å²) in [5, 5.41) is 0. The van der Waals surface area contributed by atoms with E-state index in [0.717, 1.165) is 12.1 Å². The zero-order chi connectivity index (χ0) is 20.9. The van der Waals surface area contributed by atoms with E-state index >= 15 is 0 Å². The van der Waals surface area contributed by atoms with E-state index in [1.54, 1.807) is 12.1 Å². The molecule has 5 rings (SSSR count). The fourth-order valence-corrected chi connectivity index (χ4v) is 5.56. The van der Waals surface area contributed by atoms with Crippen molar-refractivity contribution < 1.29 is 26.7 Å². The van der Waals surface area contributed by atoms with Crippen LogP contribution in [0.2, 0.25) is 0 Å². The highest BCUT2D eigenvalue weighted by Gasteiger charge is 2.38. The molecule has 2 aliphatic heterocycles. The summed E-state index contributed by atoms with van der Waals surface area (Å²) in [6.45, 7) is 1.38. The zero-order valence-electron chi connectivity index (χ0n) is 15.8. The van der Waals surface area contributed by atoms with Gasteiger partial charge in [0.05, 0.1) is 10.9 Å². The second kappa shape index (κ2) is 7.10. The van der Waals surface area contributed by atoms with Gasteiger partial charge in [0.2, 0.25) is 10.0 Å². The minimum atomic E-state index is -3.97. The summed E-state index contributed by atoms with van der Waals surface area (Å²) in [5.74, 6) is -1.14. The average molecular weight is 432 g/mol. The van der Waals surface area contributed by atoms with Crippen LogP contribution in [0.1, 0.15) is 17.3 Å². The van der Waals surface area contributed by atoms with Crippen molar-refractivity contribution in [3.05, 3.63) is 77.6 Å². The van der Waals surface area contributed by atoms with Crippen molar-refractivity contribution >= 4 is 10.0 Å². The molecule has 0 spiro atoms. The molecule has 0 aliphatic carbocycles. The van der Waals surface area contributed by atoms with Crippen LogP contribution in [-0.2, 0) is 16.6 Å². The van der Waals surface area contributed by atoms with Crippen molar-refractivity contribution in [3.8, 4) is 11.5 Å². The van der Waals surface area contributed by atoms with E-state index in [2.05, 4.69) is 0 Å². The molecule has 3 aromatic rings. The summed E-state index contributed by atoms with van der Waals surface area (Å²) >= 11 is 0. The zero-order valence-corrected chi connectivity index (χ0v) is 16.6. The summed E-state index contributed by atoms with van der Waals surface area (Å²) in [6.07, 6.45) is 1.84. The van der Waals surface area contributed by atoms with Crippen LogP contribution >= 0.6 is 0 Å². The molecule has 0 saturated carbocycles. The van der Waals surface area contributed by atoms with Gasteiger partial charge in [-0.15, -0.1) is 0 Å². The van der Waals surface area contributed by atoms with Gasteiger partial charge in [-0.3, -0.25) is 0 Å². The molecule has 0 radical (unpaired) electrons. The lowest BCUT2D eigenvalue weighted by Crippen LogP contribution is -2.42. The van der Waals surface area contributed by atoms with Crippen molar-refractivity contribution in [2.45, 2.75) is 17.5 Å². The Morgan fingerprint density at radius 2 is 1.70 bits per heavy atom. The number of hydrogen-bond donors (Lipinski definition) is 0. The lowest BCUT2D eigenvalue weighted by Gasteiger charge is -2.36. The second-order valence-electron chi connectivity index (χ2n) is 7.12. The maximum Gasteiger partial charge on any atom is 0.244 e. The second-order valence-corrected chi connectivity index (χ2v) is 9.01. The number of benzene rings is 2. The third-order valence-corrected chi connectivity index (χ3v) is 7.23.